The molecule has 2 aliphatic heterocycles. The minimum atomic E-state index is 0. The molecule has 1 aromatic carbocycles. The fourth-order valence-corrected chi connectivity index (χ4v) is 6.55. The molecule has 3 heterocycles. The molecule has 1 aromatic heterocycles. The van der Waals surface area contributed by atoms with Gasteiger partial charge in [0.15, 0.2) is 10.9 Å². The van der Waals surface area contributed by atoms with E-state index in [1.807, 2.05) is 17.8 Å². The van der Waals surface area contributed by atoms with E-state index >= 15 is 0 Å². The zero-order valence-corrected chi connectivity index (χ0v) is 21.9. The molecule has 186 valence electrons. The van der Waals surface area contributed by atoms with Crippen molar-refractivity contribution in [2.45, 2.75) is 49.1 Å². The van der Waals surface area contributed by atoms with E-state index in [4.69, 9.17) is 9.47 Å². The summed E-state index contributed by atoms with van der Waals surface area (Å²) in [5.41, 5.74) is 2.23. The molecule has 0 N–H and O–H groups in total. The minimum absolute atomic E-state index is 0. The second kappa shape index (κ2) is 10.6. The van der Waals surface area contributed by atoms with Crippen molar-refractivity contribution in [3.8, 4) is 5.75 Å². The van der Waals surface area contributed by atoms with Crippen LogP contribution < -0.4 is 4.74 Å². The lowest BCUT2D eigenvalue weighted by molar-refractivity contribution is 0.0828. The number of aromatic nitrogens is 3. The van der Waals surface area contributed by atoms with Crippen LogP contribution in [0, 0.1) is 5.92 Å². The predicted octanol–water partition coefficient (Wildman–Crippen LogP) is 4.10. The Balaban J connectivity index is 0.00000274. The number of ether oxygens (including phenoxy) is 2. The van der Waals surface area contributed by atoms with Crippen molar-refractivity contribution in [1.82, 2.24) is 19.7 Å². The van der Waals surface area contributed by atoms with Crippen molar-refractivity contribution in [3.05, 3.63) is 35.2 Å². The zero-order chi connectivity index (χ0) is 23.0. The van der Waals surface area contributed by atoms with E-state index in [2.05, 4.69) is 38.8 Å². The van der Waals surface area contributed by atoms with Crippen molar-refractivity contribution in [2.24, 2.45) is 13.0 Å². The summed E-state index contributed by atoms with van der Waals surface area (Å²) >= 11 is 1.81. The van der Waals surface area contributed by atoms with E-state index in [-0.39, 0.29) is 23.6 Å². The van der Waals surface area contributed by atoms with E-state index in [1.54, 1.807) is 14.0 Å². The molecule has 1 aliphatic carbocycles. The Labute approximate surface area is 212 Å². The molecule has 9 heteroatoms. The molecule has 0 spiro atoms. The molecule has 3 fully saturated rings. The molecule has 2 saturated heterocycles. The summed E-state index contributed by atoms with van der Waals surface area (Å²) in [4.78, 5) is 14.7. The van der Waals surface area contributed by atoms with Crippen molar-refractivity contribution in [1.29, 1.82) is 0 Å². The summed E-state index contributed by atoms with van der Waals surface area (Å²) in [5, 5.41) is 9.95. The van der Waals surface area contributed by atoms with Crippen LogP contribution in [0.4, 0.5) is 0 Å². The van der Waals surface area contributed by atoms with Gasteiger partial charge in [-0.05, 0) is 62.8 Å². The van der Waals surface area contributed by atoms with Crippen LogP contribution >= 0.6 is 24.2 Å². The number of methoxy groups -OCH3 is 1. The molecule has 0 bridgehead atoms. The highest BCUT2D eigenvalue weighted by Gasteiger charge is 2.60. The number of Topliss-reactive ketones (excluding diaryl/α,β-unsaturated/α-hetero) is 1. The highest BCUT2D eigenvalue weighted by Crippen LogP contribution is 2.59. The van der Waals surface area contributed by atoms with Gasteiger partial charge < -0.3 is 18.9 Å². The van der Waals surface area contributed by atoms with Crippen LogP contribution in [0.3, 0.4) is 0 Å². The maximum absolute atomic E-state index is 12.1. The largest absolute Gasteiger partial charge is 0.496 e. The molecule has 2 atom stereocenters. The summed E-state index contributed by atoms with van der Waals surface area (Å²) in [5.74, 6) is 4.07. The fraction of sp³-hybridized carbons (Fsp3) is 0.640. The Bertz CT molecular complexity index is 1030. The second-order valence-corrected chi connectivity index (χ2v) is 10.8. The van der Waals surface area contributed by atoms with Crippen molar-refractivity contribution < 1.29 is 14.3 Å². The molecule has 5 rings (SSSR count). The third kappa shape index (κ3) is 4.87. The summed E-state index contributed by atoms with van der Waals surface area (Å²) in [6.45, 7) is 6.61. The van der Waals surface area contributed by atoms with Crippen molar-refractivity contribution in [3.63, 3.8) is 0 Å². The van der Waals surface area contributed by atoms with Gasteiger partial charge in [-0.2, -0.15) is 0 Å². The SMILES string of the molecule is COc1ccc([C@]23C[C@H]2CN(CCCSc2nnc(C4CCOCC4)n2C)C3)cc1C(C)=O.Cl. The van der Waals surface area contributed by atoms with Crippen molar-refractivity contribution >= 4 is 30.0 Å². The molecule has 0 amide bonds. The van der Waals surface area contributed by atoms with Gasteiger partial charge >= 0.3 is 0 Å². The predicted molar refractivity (Wildman–Crippen MR) is 136 cm³/mol. The first-order chi connectivity index (χ1) is 16.0. The maximum Gasteiger partial charge on any atom is 0.190 e. The van der Waals surface area contributed by atoms with Crippen LogP contribution in [-0.2, 0) is 17.2 Å². The Morgan fingerprint density at radius 1 is 1.29 bits per heavy atom. The standard InChI is InChI=1S/C25H34N4O3S.ClH/c1-17(30)21-13-19(5-6-22(21)31-3)25-14-20(25)15-29(16-25)9-4-12-33-24-27-26-23(28(24)2)18-7-10-32-11-8-18;/h5-6,13,18,20H,4,7-12,14-16H2,1-3H3;1H/t20-,25+;/m0./s1. The third-order valence-corrected chi connectivity index (χ3v) is 8.78. The van der Waals surface area contributed by atoms with E-state index in [9.17, 15) is 4.79 Å². The Morgan fingerprint density at radius 3 is 2.82 bits per heavy atom. The molecule has 7 nitrogen and oxygen atoms in total. The average Bonchev–Trinajstić information content (AvgIpc) is 3.21. The number of hydrogen-bond acceptors (Lipinski definition) is 7. The Kier molecular flexibility index (Phi) is 7.92. The lowest BCUT2D eigenvalue weighted by Gasteiger charge is -2.22. The van der Waals surface area contributed by atoms with E-state index in [0.717, 1.165) is 68.8 Å². The van der Waals surface area contributed by atoms with Gasteiger partial charge in [-0.1, -0.05) is 17.8 Å². The fourth-order valence-electron chi connectivity index (χ4n) is 5.71. The number of rotatable bonds is 9. The number of fused-ring (bicyclic) bond motifs is 1. The van der Waals surface area contributed by atoms with E-state index < -0.39 is 0 Å². The first-order valence-electron chi connectivity index (χ1n) is 12.0. The van der Waals surface area contributed by atoms with Gasteiger partial charge in [0.2, 0.25) is 0 Å². The first kappa shape index (κ1) is 25.5. The number of hydrogen-bond donors (Lipinski definition) is 0. The molecule has 3 aliphatic rings. The number of carbonyl (C=O) groups is 1. The molecule has 0 unspecified atom stereocenters. The third-order valence-electron chi connectivity index (χ3n) is 7.67. The smallest absolute Gasteiger partial charge is 0.190 e. The number of carbonyl (C=O) groups excluding carboxylic acids is 1. The summed E-state index contributed by atoms with van der Waals surface area (Å²) in [6.07, 6.45) is 4.44. The van der Waals surface area contributed by atoms with Gasteiger partial charge in [0.1, 0.15) is 11.6 Å². The Hall–Kier alpha value is -1.61. The molecule has 34 heavy (non-hydrogen) atoms. The number of nitrogens with zero attached hydrogens (tertiary/aromatic N) is 4. The number of piperidine rings is 1. The summed E-state index contributed by atoms with van der Waals surface area (Å²) in [7, 11) is 3.72. The lowest BCUT2D eigenvalue weighted by atomic mass is 9.92. The Morgan fingerprint density at radius 2 is 2.09 bits per heavy atom. The zero-order valence-electron chi connectivity index (χ0n) is 20.3. The maximum atomic E-state index is 12.1. The molecule has 2 aromatic rings. The number of benzene rings is 1. The number of ketones is 1. The minimum Gasteiger partial charge on any atom is -0.496 e. The van der Waals surface area contributed by atoms with Crippen LogP contribution in [0.25, 0.3) is 0 Å². The van der Waals surface area contributed by atoms with E-state index in [1.165, 1.54) is 12.0 Å². The number of thioether (sulfide) groups is 1. The second-order valence-electron chi connectivity index (χ2n) is 9.75. The van der Waals surface area contributed by atoms with Gasteiger partial charge in [-0.25, -0.2) is 0 Å². The van der Waals surface area contributed by atoms with Gasteiger partial charge in [-0.3, -0.25) is 4.79 Å². The quantitative estimate of drug-likeness (QED) is 0.288. The molecular formula is C25H35ClN4O3S. The number of halogens is 1. The van der Waals surface area contributed by atoms with Crippen LogP contribution in [0.15, 0.2) is 23.4 Å². The van der Waals surface area contributed by atoms with Crippen LogP contribution in [0.5, 0.6) is 5.75 Å². The van der Waals surface area contributed by atoms with Gasteiger partial charge in [-0.15, -0.1) is 22.6 Å². The first-order valence-corrected chi connectivity index (χ1v) is 13.0. The van der Waals surface area contributed by atoms with Crippen LogP contribution in [-0.4, -0.2) is 71.2 Å². The lowest BCUT2D eigenvalue weighted by Crippen LogP contribution is -2.28. The molecule has 1 saturated carbocycles. The van der Waals surface area contributed by atoms with E-state index in [0.29, 0.717) is 23.1 Å². The molecular weight excluding hydrogens is 472 g/mol. The highest BCUT2D eigenvalue weighted by atomic mass is 35.5. The monoisotopic (exact) mass is 506 g/mol. The van der Waals surface area contributed by atoms with Crippen LogP contribution in [0.2, 0.25) is 0 Å². The summed E-state index contributed by atoms with van der Waals surface area (Å²) in [6, 6.07) is 6.20. The molecule has 0 radical (unpaired) electrons. The average molecular weight is 507 g/mol. The summed E-state index contributed by atoms with van der Waals surface area (Å²) < 4.78 is 13.0. The highest BCUT2D eigenvalue weighted by molar-refractivity contribution is 7.99. The van der Waals surface area contributed by atoms with Gasteiger partial charge in [0.25, 0.3) is 0 Å². The topological polar surface area (TPSA) is 69.5 Å². The van der Waals surface area contributed by atoms with Gasteiger partial charge in [0.05, 0.1) is 12.7 Å². The number of likely N-dealkylation sites (tertiary alicyclic amines) is 1. The normalized spacial score (nSPS) is 24.5. The van der Waals surface area contributed by atoms with Crippen molar-refractivity contribution in [2.75, 3.05) is 45.7 Å². The van der Waals surface area contributed by atoms with Crippen LogP contribution in [0.1, 0.15) is 60.3 Å². The van der Waals surface area contributed by atoms with Gasteiger partial charge in [0, 0.05) is 50.4 Å².